The minimum atomic E-state index is -0.389. The Labute approximate surface area is 215 Å². The standard InChI is InChI=1S/C31H52O4/c1-4-6-8-10-12-14-16-18-20-22-24-26-30(32)34-28-29(3)35-31(33)27-25-23-21-19-17-15-13-11-9-7-5-2/h6-13,29H,4-5,14-28H2,1-3H3/b8-6-,9-7-,12-10-,13-11-/t29-/m0/s1. The smallest absolute Gasteiger partial charge is 0.306 e. The highest BCUT2D eigenvalue weighted by molar-refractivity contribution is 5.70. The summed E-state index contributed by atoms with van der Waals surface area (Å²) < 4.78 is 10.6. The molecule has 0 spiro atoms. The molecule has 1 atom stereocenters. The molecule has 0 aliphatic rings. The summed E-state index contributed by atoms with van der Waals surface area (Å²) in [5.74, 6) is -0.398. The molecule has 35 heavy (non-hydrogen) atoms. The van der Waals surface area contributed by atoms with E-state index >= 15 is 0 Å². The first kappa shape index (κ1) is 32.9. The van der Waals surface area contributed by atoms with Crippen molar-refractivity contribution in [1.29, 1.82) is 0 Å². The van der Waals surface area contributed by atoms with Gasteiger partial charge in [0.2, 0.25) is 0 Å². The van der Waals surface area contributed by atoms with Gasteiger partial charge in [0, 0.05) is 12.8 Å². The molecule has 200 valence electrons. The van der Waals surface area contributed by atoms with Crippen LogP contribution in [0.2, 0.25) is 0 Å². The lowest BCUT2D eigenvalue weighted by atomic mass is 10.1. The van der Waals surface area contributed by atoms with Crippen molar-refractivity contribution in [1.82, 2.24) is 0 Å². The first-order valence-corrected chi connectivity index (χ1v) is 14.1. The van der Waals surface area contributed by atoms with E-state index < -0.39 is 0 Å². The minimum Gasteiger partial charge on any atom is -0.462 e. The molecule has 0 saturated heterocycles. The third-order valence-corrected chi connectivity index (χ3v) is 5.55. The van der Waals surface area contributed by atoms with Gasteiger partial charge in [0.15, 0.2) is 0 Å². The molecule has 0 aromatic carbocycles. The quantitative estimate of drug-likeness (QED) is 0.0818. The molecule has 0 radical (unpaired) electrons. The third kappa shape index (κ3) is 26.3. The molecule has 0 fully saturated rings. The Morgan fingerprint density at radius 1 is 0.600 bits per heavy atom. The van der Waals surface area contributed by atoms with E-state index in [4.69, 9.17) is 9.47 Å². The van der Waals surface area contributed by atoms with Crippen molar-refractivity contribution in [2.45, 2.75) is 130 Å². The van der Waals surface area contributed by atoms with Crippen LogP contribution in [0.1, 0.15) is 124 Å². The molecular formula is C31H52O4. The minimum absolute atomic E-state index is 0.143. The van der Waals surface area contributed by atoms with E-state index in [0.717, 1.165) is 64.2 Å². The summed E-state index contributed by atoms with van der Waals surface area (Å²) >= 11 is 0. The van der Waals surface area contributed by atoms with Crippen LogP contribution in [0.25, 0.3) is 0 Å². The number of esters is 2. The van der Waals surface area contributed by atoms with Crippen molar-refractivity contribution < 1.29 is 19.1 Å². The fourth-order valence-corrected chi connectivity index (χ4v) is 3.50. The van der Waals surface area contributed by atoms with Gasteiger partial charge >= 0.3 is 11.9 Å². The van der Waals surface area contributed by atoms with Gasteiger partial charge < -0.3 is 9.47 Å². The van der Waals surface area contributed by atoms with Gasteiger partial charge in [-0.05, 0) is 58.3 Å². The average Bonchev–Trinajstić information content (AvgIpc) is 2.84. The normalized spacial score (nSPS) is 12.9. The molecule has 0 unspecified atom stereocenters. The van der Waals surface area contributed by atoms with E-state index in [1.165, 1.54) is 25.7 Å². The second-order valence-electron chi connectivity index (χ2n) is 9.13. The second kappa shape index (κ2) is 26.5. The monoisotopic (exact) mass is 488 g/mol. The summed E-state index contributed by atoms with van der Waals surface area (Å²) in [4.78, 5) is 23.8. The number of carbonyl (C=O) groups is 2. The second-order valence-corrected chi connectivity index (χ2v) is 9.13. The molecular weight excluding hydrogens is 436 g/mol. The highest BCUT2D eigenvalue weighted by Gasteiger charge is 2.12. The Kier molecular flexibility index (Phi) is 24.9. The van der Waals surface area contributed by atoms with Crippen molar-refractivity contribution >= 4 is 11.9 Å². The molecule has 0 saturated carbocycles. The Morgan fingerprint density at radius 2 is 1.03 bits per heavy atom. The van der Waals surface area contributed by atoms with Crippen LogP contribution in [0.5, 0.6) is 0 Å². The molecule has 0 N–H and O–H groups in total. The zero-order chi connectivity index (χ0) is 25.8. The number of ether oxygens (including phenoxy) is 2. The van der Waals surface area contributed by atoms with Gasteiger partial charge in [-0.2, -0.15) is 0 Å². The highest BCUT2D eigenvalue weighted by Crippen LogP contribution is 2.10. The van der Waals surface area contributed by atoms with Crippen LogP contribution in [0.3, 0.4) is 0 Å². The van der Waals surface area contributed by atoms with Crippen molar-refractivity contribution in [3.63, 3.8) is 0 Å². The maximum absolute atomic E-state index is 12.0. The van der Waals surface area contributed by atoms with Gasteiger partial charge in [-0.15, -0.1) is 0 Å². The maximum Gasteiger partial charge on any atom is 0.306 e. The van der Waals surface area contributed by atoms with Crippen LogP contribution >= 0.6 is 0 Å². The predicted molar refractivity (Wildman–Crippen MR) is 148 cm³/mol. The van der Waals surface area contributed by atoms with Gasteiger partial charge in [0.1, 0.15) is 12.7 Å². The van der Waals surface area contributed by atoms with E-state index in [2.05, 4.69) is 62.5 Å². The van der Waals surface area contributed by atoms with Gasteiger partial charge in [-0.3, -0.25) is 9.59 Å². The molecule has 0 bridgehead atoms. The Bertz CT molecular complexity index is 615. The first-order chi connectivity index (χ1) is 17.1. The zero-order valence-electron chi connectivity index (χ0n) is 22.8. The van der Waals surface area contributed by atoms with Gasteiger partial charge in [0.25, 0.3) is 0 Å². The highest BCUT2D eigenvalue weighted by atomic mass is 16.6. The molecule has 0 aromatic rings. The lowest BCUT2D eigenvalue weighted by Crippen LogP contribution is -2.22. The molecule has 0 aliphatic carbocycles. The largest absolute Gasteiger partial charge is 0.462 e. The molecule has 0 aromatic heterocycles. The number of rotatable bonds is 23. The van der Waals surface area contributed by atoms with E-state index in [-0.39, 0.29) is 24.6 Å². The molecule has 0 aliphatic heterocycles. The number of allylic oxidation sites excluding steroid dienone is 8. The van der Waals surface area contributed by atoms with Crippen molar-refractivity contribution in [2.75, 3.05) is 6.61 Å². The Balaban J connectivity index is 3.55. The van der Waals surface area contributed by atoms with Gasteiger partial charge in [-0.1, -0.05) is 101 Å². The van der Waals surface area contributed by atoms with Crippen molar-refractivity contribution in [3.05, 3.63) is 48.6 Å². The van der Waals surface area contributed by atoms with Crippen LogP contribution in [0.4, 0.5) is 0 Å². The van der Waals surface area contributed by atoms with E-state index in [0.29, 0.717) is 12.8 Å². The SMILES string of the molecule is CC/C=C\C=C/CCCCCCCC(=O)OC[C@H](C)OC(=O)CCCCCCC/C=C\C=C/CC. The lowest BCUT2D eigenvalue weighted by molar-refractivity contribution is -0.158. The molecule has 0 rings (SSSR count). The number of hydrogen-bond acceptors (Lipinski definition) is 4. The predicted octanol–water partition coefficient (Wildman–Crippen LogP) is 8.97. The molecule has 0 heterocycles. The molecule has 0 amide bonds. The number of carbonyl (C=O) groups excluding carboxylic acids is 2. The van der Waals surface area contributed by atoms with E-state index in [9.17, 15) is 9.59 Å². The average molecular weight is 489 g/mol. The third-order valence-electron chi connectivity index (χ3n) is 5.55. The van der Waals surface area contributed by atoms with Crippen molar-refractivity contribution in [3.8, 4) is 0 Å². The fourth-order valence-electron chi connectivity index (χ4n) is 3.50. The summed E-state index contributed by atoms with van der Waals surface area (Å²) in [5.41, 5.74) is 0. The van der Waals surface area contributed by atoms with Crippen LogP contribution in [-0.4, -0.2) is 24.6 Å². The molecule has 4 nitrogen and oxygen atoms in total. The summed E-state index contributed by atoms with van der Waals surface area (Å²) in [6, 6.07) is 0. The first-order valence-electron chi connectivity index (χ1n) is 14.1. The Morgan fingerprint density at radius 3 is 1.54 bits per heavy atom. The summed E-state index contributed by atoms with van der Waals surface area (Å²) in [6.45, 7) is 6.19. The van der Waals surface area contributed by atoms with E-state index in [1.807, 2.05) is 0 Å². The summed E-state index contributed by atoms with van der Waals surface area (Å²) in [7, 11) is 0. The van der Waals surface area contributed by atoms with Crippen LogP contribution < -0.4 is 0 Å². The van der Waals surface area contributed by atoms with Crippen LogP contribution in [0, 0.1) is 0 Å². The molecule has 4 heteroatoms. The topological polar surface area (TPSA) is 52.6 Å². The zero-order valence-corrected chi connectivity index (χ0v) is 22.8. The Hall–Kier alpha value is -2.10. The van der Waals surface area contributed by atoms with Crippen molar-refractivity contribution in [2.24, 2.45) is 0 Å². The number of hydrogen-bond donors (Lipinski definition) is 0. The van der Waals surface area contributed by atoms with E-state index in [1.54, 1.807) is 6.92 Å². The number of unbranched alkanes of at least 4 members (excludes halogenated alkanes) is 10. The maximum atomic E-state index is 12.0. The fraction of sp³-hybridized carbons (Fsp3) is 0.677. The summed E-state index contributed by atoms with van der Waals surface area (Å²) in [6.07, 6.45) is 32.9. The summed E-state index contributed by atoms with van der Waals surface area (Å²) in [5, 5.41) is 0. The van der Waals surface area contributed by atoms with Gasteiger partial charge in [0.05, 0.1) is 0 Å². The van der Waals surface area contributed by atoms with Gasteiger partial charge in [-0.25, -0.2) is 0 Å². The lowest BCUT2D eigenvalue weighted by Gasteiger charge is -2.13. The van der Waals surface area contributed by atoms with Crippen LogP contribution in [-0.2, 0) is 19.1 Å². The van der Waals surface area contributed by atoms with Crippen LogP contribution in [0.15, 0.2) is 48.6 Å².